The van der Waals surface area contributed by atoms with Gasteiger partial charge in [-0.25, -0.2) is 14.8 Å². The Morgan fingerprint density at radius 2 is 2.14 bits per heavy atom. The van der Waals surface area contributed by atoms with Gasteiger partial charge in [-0.15, -0.1) is 0 Å². The van der Waals surface area contributed by atoms with Crippen LogP contribution in [0.5, 0.6) is 5.75 Å². The first kappa shape index (κ1) is 19.2. The lowest BCUT2D eigenvalue weighted by Gasteiger charge is -2.16. The molecule has 9 nitrogen and oxygen atoms in total. The summed E-state index contributed by atoms with van der Waals surface area (Å²) in [5.41, 5.74) is 2.38. The minimum Gasteiger partial charge on any atom is -0.489 e. The van der Waals surface area contributed by atoms with Crippen LogP contribution in [0.15, 0.2) is 29.1 Å². The minimum absolute atomic E-state index is 0.0178. The Morgan fingerprint density at radius 1 is 1.31 bits per heavy atom. The molecule has 0 spiro atoms. The van der Waals surface area contributed by atoms with E-state index >= 15 is 0 Å². The highest BCUT2D eigenvalue weighted by Gasteiger charge is 2.21. The number of H-pyrrole nitrogens is 2. The van der Waals surface area contributed by atoms with E-state index in [4.69, 9.17) is 9.47 Å². The molecule has 29 heavy (non-hydrogen) atoms. The van der Waals surface area contributed by atoms with E-state index in [0.29, 0.717) is 27.1 Å². The van der Waals surface area contributed by atoms with E-state index in [2.05, 4.69) is 46.4 Å². The minimum atomic E-state index is -0.466. The van der Waals surface area contributed by atoms with Gasteiger partial charge in [0.15, 0.2) is 0 Å². The van der Waals surface area contributed by atoms with Gasteiger partial charge in [0.1, 0.15) is 29.2 Å². The zero-order chi connectivity index (χ0) is 20.5. The molecule has 0 amide bonds. The van der Waals surface area contributed by atoms with Crippen LogP contribution in [0.4, 0.5) is 11.5 Å². The first-order valence-electron chi connectivity index (χ1n) is 9.08. The first-order valence-corrected chi connectivity index (χ1v) is 9.87. The Bertz CT molecular complexity index is 1200. The molecular weight excluding hydrogens is 440 g/mol. The van der Waals surface area contributed by atoms with Crippen LogP contribution in [0.1, 0.15) is 31.3 Å². The number of aromatic amines is 2. The van der Waals surface area contributed by atoms with Gasteiger partial charge in [0.2, 0.25) is 0 Å². The van der Waals surface area contributed by atoms with Gasteiger partial charge in [-0.3, -0.25) is 5.10 Å². The second-order valence-corrected chi connectivity index (χ2v) is 7.37. The molecule has 0 fully saturated rings. The maximum absolute atomic E-state index is 12.2. The highest BCUT2D eigenvalue weighted by atomic mass is 79.9. The molecule has 0 saturated heterocycles. The largest absolute Gasteiger partial charge is 0.489 e. The molecule has 150 valence electrons. The number of rotatable bonds is 6. The van der Waals surface area contributed by atoms with Crippen molar-refractivity contribution in [1.29, 1.82) is 0 Å². The Balaban J connectivity index is 1.81. The summed E-state index contributed by atoms with van der Waals surface area (Å²) in [4.78, 5) is 23.8. The Morgan fingerprint density at radius 3 is 2.90 bits per heavy atom. The van der Waals surface area contributed by atoms with Gasteiger partial charge in [0.25, 0.3) is 0 Å². The van der Waals surface area contributed by atoms with Crippen molar-refractivity contribution in [2.24, 2.45) is 0 Å². The van der Waals surface area contributed by atoms with Crippen LogP contribution in [0.2, 0.25) is 0 Å². The molecule has 0 aliphatic carbocycles. The van der Waals surface area contributed by atoms with Crippen LogP contribution >= 0.6 is 15.9 Å². The number of ether oxygens (including phenoxy) is 2. The van der Waals surface area contributed by atoms with Crippen LogP contribution in [-0.2, 0) is 4.74 Å². The molecule has 0 atom stereocenters. The smallest absolute Gasteiger partial charge is 0.355 e. The summed E-state index contributed by atoms with van der Waals surface area (Å²) >= 11 is 3.48. The second-order valence-electron chi connectivity index (χ2n) is 6.58. The summed E-state index contributed by atoms with van der Waals surface area (Å²) in [5.74, 6) is 0.706. The number of carbonyl (C=O) groups excluding carboxylic acids is 1. The molecule has 0 radical (unpaired) electrons. The second kappa shape index (κ2) is 7.70. The molecule has 10 heteroatoms. The number of fused-ring (bicyclic) bond motifs is 2. The lowest BCUT2D eigenvalue weighted by molar-refractivity contribution is 0.0519. The van der Waals surface area contributed by atoms with E-state index in [1.165, 1.54) is 6.33 Å². The molecule has 4 aromatic rings. The van der Waals surface area contributed by atoms with Crippen molar-refractivity contribution in [3.8, 4) is 5.75 Å². The highest BCUT2D eigenvalue weighted by molar-refractivity contribution is 9.10. The number of anilines is 2. The van der Waals surface area contributed by atoms with E-state index in [0.717, 1.165) is 16.6 Å². The van der Waals surface area contributed by atoms with E-state index < -0.39 is 5.97 Å². The Labute approximate surface area is 174 Å². The van der Waals surface area contributed by atoms with Crippen molar-refractivity contribution in [3.05, 3.63) is 34.8 Å². The number of carbonyl (C=O) groups is 1. The normalized spacial score (nSPS) is 11.3. The average molecular weight is 459 g/mol. The summed E-state index contributed by atoms with van der Waals surface area (Å²) in [6.07, 6.45) is 3.14. The molecular formula is C19H19BrN6O3. The molecule has 0 unspecified atom stereocenters. The van der Waals surface area contributed by atoms with Crippen LogP contribution in [0.3, 0.4) is 0 Å². The van der Waals surface area contributed by atoms with Crippen LogP contribution in [0.25, 0.3) is 21.9 Å². The molecule has 0 saturated carbocycles. The van der Waals surface area contributed by atoms with Crippen molar-refractivity contribution in [3.63, 3.8) is 0 Å². The lowest BCUT2D eigenvalue weighted by atomic mass is 10.2. The number of hydrogen-bond donors (Lipinski definition) is 3. The van der Waals surface area contributed by atoms with Crippen molar-refractivity contribution in [2.75, 3.05) is 11.9 Å². The molecule has 4 rings (SSSR count). The molecule has 3 aromatic heterocycles. The van der Waals surface area contributed by atoms with E-state index in [1.807, 2.05) is 26.0 Å². The van der Waals surface area contributed by atoms with Gasteiger partial charge in [-0.2, -0.15) is 5.10 Å². The zero-order valence-electron chi connectivity index (χ0n) is 16.0. The average Bonchev–Trinajstić information content (AvgIpc) is 3.26. The maximum atomic E-state index is 12.2. The molecule has 0 aliphatic heterocycles. The van der Waals surface area contributed by atoms with Gasteiger partial charge >= 0.3 is 5.97 Å². The number of nitrogens with one attached hydrogen (secondary N) is 3. The quantitative estimate of drug-likeness (QED) is 0.368. The van der Waals surface area contributed by atoms with Gasteiger partial charge < -0.3 is 19.8 Å². The van der Waals surface area contributed by atoms with E-state index in [9.17, 15) is 4.79 Å². The highest BCUT2D eigenvalue weighted by Crippen LogP contribution is 2.37. The van der Waals surface area contributed by atoms with Crippen molar-refractivity contribution in [2.45, 2.75) is 26.9 Å². The third-order valence-electron chi connectivity index (χ3n) is 4.17. The van der Waals surface area contributed by atoms with Crippen LogP contribution in [0, 0.1) is 0 Å². The predicted molar refractivity (Wildman–Crippen MR) is 113 cm³/mol. The summed E-state index contributed by atoms with van der Waals surface area (Å²) in [7, 11) is 0. The van der Waals surface area contributed by atoms with Gasteiger partial charge in [0.05, 0.1) is 40.0 Å². The third kappa shape index (κ3) is 3.63. The fourth-order valence-electron chi connectivity index (χ4n) is 2.97. The molecule has 3 heterocycles. The van der Waals surface area contributed by atoms with Crippen molar-refractivity contribution < 1.29 is 14.3 Å². The molecule has 0 bridgehead atoms. The van der Waals surface area contributed by atoms with Crippen molar-refractivity contribution in [1.82, 2.24) is 25.1 Å². The standard InChI is InChI=1S/C19H19BrN6O3/c1-4-28-19(27)16-15(20)14-17(21-8-22-18(14)25-16)24-12-5-10-7-23-26-11(10)6-13(12)29-9(2)3/h5-9H,4H2,1-3H3,(H,23,26)(H2,21,22,24,25). The summed E-state index contributed by atoms with van der Waals surface area (Å²) in [6.45, 7) is 5.94. The predicted octanol–water partition coefficient (Wildman–Crippen LogP) is 4.30. The van der Waals surface area contributed by atoms with Crippen LogP contribution < -0.4 is 10.1 Å². The SMILES string of the molecule is CCOC(=O)c1[nH]c2ncnc(Nc3cc4cn[nH]c4cc3OC(C)C)c2c1Br. The van der Waals surface area contributed by atoms with Crippen LogP contribution in [-0.4, -0.2) is 43.8 Å². The van der Waals surface area contributed by atoms with Gasteiger partial charge in [-0.05, 0) is 42.8 Å². The zero-order valence-corrected chi connectivity index (χ0v) is 17.6. The monoisotopic (exact) mass is 458 g/mol. The topological polar surface area (TPSA) is 118 Å². The number of esters is 1. The van der Waals surface area contributed by atoms with E-state index in [-0.39, 0.29) is 18.4 Å². The molecule has 1 aromatic carbocycles. The lowest BCUT2D eigenvalue weighted by Crippen LogP contribution is -2.08. The Kier molecular flexibility index (Phi) is 5.10. The fourth-order valence-corrected chi connectivity index (χ4v) is 3.61. The Hall–Kier alpha value is -3.14. The summed E-state index contributed by atoms with van der Waals surface area (Å²) in [5, 5.41) is 11.9. The first-order chi connectivity index (χ1) is 14.0. The maximum Gasteiger partial charge on any atom is 0.355 e. The number of halogens is 1. The summed E-state index contributed by atoms with van der Waals surface area (Å²) in [6, 6.07) is 3.82. The molecule has 0 aliphatic rings. The van der Waals surface area contributed by atoms with E-state index in [1.54, 1.807) is 13.1 Å². The molecule has 3 N–H and O–H groups in total. The summed E-state index contributed by atoms with van der Waals surface area (Å²) < 4.78 is 11.6. The van der Waals surface area contributed by atoms with Crippen molar-refractivity contribution >= 4 is 55.3 Å². The number of hydrogen-bond acceptors (Lipinski definition) is 7. The van der Waals surface area contributed by atoms with Gasteiger partial charge in [0, 0.05) is 11.5 Å². The number of aromatic nitrogens is 5. The third-order valence-corrected chi connectivity index (χ3v) is 4.96. The number of benzene rings is 1. The van der Waals surface area contributed by atoms with Gasteiger partial charge in [-0.1, -0.05) is 0 Å². The number of nitrogens with zero attached hydrogens (tertiary/aromatic N) is 3. The fraction of sp³-hybridized carbons (Fsp3) is 0.263.